The number of carbonyl (C=O) groups excluding carboxylic acids is 1. The molecule has 0 bridgehead atoms. The zero-order valence-electron chi connectivity index (χ0n) is 16.5. The van der Waals surface area contributed by atoms with Gasteiger partial charge in [0.25, 0.3) is 12.4 Å². The first-order valence-corrected chi connectivity index (χ1v) is 9.81. The molecule has 1 heterocycles. The van der Waals surface area contributed by atoms with Crippen molar-refractivity contribution in [2.24, 2.45) is 11.3 Å². The van der Waals surface area contributed by atoms with Crippen LogP contribution < -0.4 is 0 Å². The predicted octanol–water partition coefficient (Wildman–Crippen LogP) is 4.94. The fourth-order valence-electron chi connectivity index (χ4n) is 4.69. The normalized spacial score (nSPS) is 29.5. The van der Waals surface area contributed by atoms with E-state index in [4.69, 9.17) is 4.74 Å². The molecule has 0 spiro atoms. The first-order valence-electron chi connectivity index (χ1n) is 9.81. The molecule has 2 aliphatic rings. The van der Waals surface area contributed by atoms with E-state index in [1.807, 2.05) is 18.2 Å². The molecule has 0 amide bonds. The van der Waals surface area contributed by atoms with E-state index < -0.39 is 5.92 Å². The van der Waals surface area contributed by atoms with Crippen molar-refractivity contribution in [3.63, 3.8) is 0 Å². The van der Waals surface area contributed by atoms with Crippen LogP contribution in [0, 0.1) is 11.3 Å². The topological polar surface area (TPSA) is 29.5 Å². The lowest BCUT2D eigenvalue weighted by molar-refractivity contribution is -0.134. The van der Waals surface area contributed by atoms with Gasteiger partial charge in [-0.15, -0.1) is 6.58 Å². The third-order valence-corrected chi connectivity index (χ3v) is 6.29. The van der Waals surface area contributed by atoms with Crippen molar-refractivity contribution in [3.8, 4) is 0 Å². The number of likely N-dealkylation sites (tertiary alicyclic amines) is 1. The lowest BCUT2D eigenvalue weighted by Crippen LogP contribution is -2.55. The van der Waals surface area contributed by atoms with Crippen LogP contribution in [0.5, 0.6) is 0 Å². The highest BCUT2D eigenvalue weighted by Crippen LogP contribution is 2.50. The minimum atomic E-state index is -2.53. The maximum Gasteiger partial charge on any atom is 0.293 e. The summed E-state index contributed by atoms with van der Waals surface area (Å²) in [6.07, 6.45) is 4.66. The Hall–Kier alpha value is -2.01. The standard InChI is InChI=1S/C23H29F2NO2/c1-4-22(15-28-16-27)10-9-20(17(2)3)21(11-22)19-7-5-18(6-8-19)12-26-13-23(24,25)14-26/h4-8,16,20-21H,1-2,9-15H2,3H3/t20-,21-,22-/m0/s1. The van der Waals surface area contributed by atoms with Gasteiger partial charge in [-0.05, 0) is 49.1 Å². The maximum atomic E-state index is 13.0. The van der Waals surface area contributed by atoms with Gasteiger partial charge >= 0.3 is 0 Å². The van der Waals surface area contributed by atoms with Crippen LogP contribution in [-0.2, 0) is 16.1 Å². The SMILES string of the molecule is C=C[C@]1(COC=O)CC[C@@H](C(=C)C)[C@H](c2ccc(CN3CC(F)(F)C3)cc2)C1. The molecule has 3 rings (SSSR count). The number of allylic oxidation sites excluding steroid dienone is 1. The molecule has 0 N–H and O–H groups in total. The first-order chi connectivity index (χ1) is 13.3. The Morgan fingerprint density at radius 2 is 2.00 bits per heavy atom. The Morgan fingerprint density at radius 3 is 2.54 bits per heavy atom. The summed E-state index contributed by atoms with van der Waals surface area (Å²) in [4.78, 5) is 12.5. The zero-order valence-corrected chi connectivity index (χ0v) is 16.5. The molecule has 0 unspecified atom stereocenters. The summed E-state index contributed by atoms with van der Waals surface area (Å²) >= 11 is 0. The van der Waals surface area contributed by atoms with Gasteiger partial charge in [0, 0.05) is 12.0 Å². The number of alkyl halides is 2. The van der Waals surface area contributed by atoms with E-state index >= 15 is 0 Å². The summed E-state index contributed by atoms with van der Waals surface area (Å²) in [7, 11) is 0. The summed E-state index contributed by atoms with van der Waals surface area (Å²) in [5, 5.41) is 0. The van der Waals surface area contributed by atoms with Gasteiger partial charge in [-0.2, -0.15) is 0 Å². The highest BCUT2D eigenvalue weighted by molar-refractivity contribution is 5.37. The second-order valence-electron chi connectivity index (χ2n) is 8.52. The molecule has 5 heteroatoms. The van der Waals surface area contributed by atoms with Crippen molar-refractivity contribution in [1.82, 2.24) is 4.90 Å². The number of halogens is 2. The van der Waals surface area contributed by atoms with Crippen LogP contribution in [-0.4, -0.2) is 37.0 Å². The molecule has 1 aliphatic carbocycles. The minimum Gasteiger partial charge on any atom is -0.467 e. The number of ether oxygens (including phenoxy) is 1. The van der Waals surface area contributed by atoms with E-state index in [2.05, 4.69) is 32.2 Å². The Balaban J connectivity index is 1.74. The van der Waals surface area contributed by atoms with E-state index in [1.165, 1.54) is 5.56 Å². The molecular formula is C23H29F2NO2. The summed E-state index contributed by atoms with van der Waals surface area (Å²) in [5.74, 6) is -1.90. The fraction of sp³-hybridized carbons (Fsp3) is 0.522. The van der Waals surface area contributed by atoms with Gasteiger partial charge in [0.15, 0.2) is 0 Å². The van der Waals surface area contributed by atoms with Gasteiger partial charge in [0.1, 0.15) is 6.61 Å². The van der Waals surface area contributed by atoms with Crippen LogP contribution in [0.1, 0.15) is 43.2 Å². The number of rotatable bonds is 8. The second kappa shape index (κ2) is 8.16. The molecule has 1 saturated heterocycles. The van der Waals surface area contributed by atoms with E-state index in [1.54, 1.807) is 4.90 Å². The van der Waals surface area contributed by atoms with Crippen molar-refractivity contribution in [1.29, 1.82) is 0 Å². The van der Waals surface area contributed by atoms with Crippen LogP contribution >= 0.6 is 0 Å². The van der Waals surface area contributed by atoms with Crippen molar-refractivity contribution in [3.05, 3.63) is 60.2 Å². The zero-order chi connectivity index (χ0) is 20.4. The van der Waals surface area contributed by atoms with Crippen molar-refractivity contribution in [2.45, 2.75) is 44.6 Å². The molecule has 3 atom stereocenters. The largest absolute Gasteiger partial charge is 0.467 e. The Morgan fingerprint density at radius 1 is 1.32 bits per heavy atom. The second-order valence-corrected chi connectivity index (χ2v) is 8.52. The van der Waals surface area contributed by atoms with E-state index in [0.717, 1.165) is 30.4 Å². The molecule has 2 fully saturated rings. The van der Waals surface area contributed by atoms with Crippen LogP contribution in [0.25, 0.3) is 0 Å². The van der Waals surface area contributed by atoms with E-state index in [-0.39, 0.29) is 24.4 Å². The highest BCUT2D eigenvalue weighted by atomic mass is 19.3. The maximum absolute atomic E-state index is 13.0. The van der Waals surface area contributed by atoms with E-state index in [0.29, 0.717) is 25.5 Å². The Bertz CT molecular complexity index is 723. The van der Waals surface area contributed by atoms with Gasteiger partial charge in [-0.25, -0.2) is 8.78 Å². The smallest absolute Gasteiger partial charge is 0.293 e. The lowest BCUT2D eigenvalue weighted by atomic mass is 9.62. The molecule has 1 aromatic carbocycles. The summed E-state index contributed by atoms with van der Waals surface area (Å²) in [6, 6.07) is 8.28. The molecule has 3 nitrogen and oxygen atoms in total. The average Bonchev–Trinajstić information content (AvgIpc) is 2.65. The minimum absolute atomic E-state index is 0.159. The van der Waals surface area contributed by atoms with Crippen LogP contribution in [0.4, 0.5) is 8.78 Å². The Kier molecular flexibility index (Phi) is 6.04. The number of nitrogens with zero attached hydrogens (tertiary/aromatic N) is 1. The van der Waals surface area contributed by atoms with Gasteiger partial charge < -0.3 is 4.74 Å². The predicted molar refractivity (Wildman–Crippen MR) is 106 cm³/mol. The molecule has 1 aliphatic heterocycles. The molecule has 1 aromatic rings. The number of hydrogen-bond donors (Lipinski definition) is 0. The fourth-order valence-corrected chi connectivity index (χ4v) is 4.69. The average molecular weight is 389 g/mol. The number of benzene rings is 1. The van der Waals surface area contributed by atoms with Gasteiger partial charge in [0.05, 0.1) is 13.1 Å². The monoisotopic (exact) mass is 389 g/mol. The van der Waals surface area contributed by atoms with E-state index in [9.17, 15) is 13.6 Å². The summed E-state index contributed by atoms with van der Waals surface area (Å²) < 4.78 is 31.1. The Labute approximate surface area is 166 Å². The molecular weight excluding hydrogens is 360 g/mol. The van der Waals surface area contributed by atoms with Crippen molar-refractivity contribution < 1.29 is 18.3 Å². The summed E-state index contributed by atoms with van der Waals surface area (Å²) in [5.41, 5.74) is 3.19. The first kappa shape index (κ1) is 20.7. The lowest BCUT2D eigenvalue weighted by Gasteiger charge is -2.43. The van der Waals surface area contributed by atoms with Crippen molar-refractivity contribution >= 4 is 6.47 Å². The summed E-state index contributed by atoms with van der Waals surface area (Å²) in [6.45, 7) is 11.3. The highest BCUT2D eigenvalue weighted by Gasteiger charge is 2.43. The molecule has 28 heavy (non-hydrogen) atoms. The third-order valence-electron chi connectivity index (χ3n) is 6.29. The third kappa shape index (κ3) is 4.52. The molecule has 0 radical (unpaired) electrons. The van der Waals surface area contributed by atoms with Gasteiger partial charge in [0.2, 0.25) is 0 Å². The molecule has 0 aromatic heterocycles. The van der Waals surface area contributed by atoms with Crippen LogP contribution in [0.15, 0.2) is 49.1 Å². The van der Waals surface area contributed by atoms with Crippen LogP contribution in [0.2, 0.25) is 0 Å². The number of carbonyl (C=O) groups is 1. The van der Waals surface area contributed by atoms with Crippen molar-refractivity contribution in [2.75, 3.05) is 19.7 Å². The van der Waals surface area contributed by atoms with Gasteiger partial charge in [-0.1, -0.05) is 42.5 Å². The van der Waals surface area contributed by atoms with Crippen LogP contribution in [0.3, 0.4) is 0 Å². The molecule has 1 saturated carbocycles. The van der Waals surface area contributed by atoms with Gasteiger partial charge in [-0.3, -0.25) is 9.69 Å². The number of hydrogen-bond acceptors (Lipinski definition) is 3. The quantitative estimate of drug-likeness (QED) is 0.466. The molecule has 152 valence electrons.